The van der Waals surface area contributed by atoms with Gasteiger partial charge in [0.05, 0.1) is 0 Å². The van der Waals surface area contributed by atoms with Crippen LogP contribution in [0.4, 0.5) is 5.95 Å². The van der Waals surface area contributed by atoms with Crippen LogP contribution in [0.5, 0.6) is 0 Å². The minimum atomic E-state index is 0.878. The fraction of sp³-hybridized carbons (Fsp3) is 0.778. The van der Waals surface area contributed by atoms with Gasteiger partial charge in [0.25, 0.3) is 0 Å². The second kappa shape index (κ2) is 3.36. The van der Waals surface area contributed by atoms with Crippen molar-refractivity contribution in [2.75, 3.05) is 18.0 Å². The van der Waals surface area contributed by atoms with Crippen LogP contribution >= 0.6 is 0 Å². The number of nitrogens with zero attached hydrogens (tertiary/aromatic N) is 4. The molecular formula is C9H16N4. The molecule has 2 heterocycles. The third kappa shape index (κ3) is 1.53. The zero-order chi connectivity index (χ0) is 9.26. The van der Waals surface area contributed by atoms with Crippen molar-refractivity contribution in [2.45, 2.75) is 33.2 Å². The first-order valence-electron chi connectivity index (χ1n) is 4.97. The lowest BCUT2D eigenvalue weighted by molar-refractivity contribution is 0.640. The highest BCUT2D eigenvalue weighted by molar-refractivity contribution is 5.31. The molecule has 1 aliphatic heterocycles. The molecule has 13 heavy (non-hydrogen) atoms. The molecule has 0 atom stereocenters. The molecule has 1 saturated heterocycles. The lowest BCUT2D eigenvalue weighted by atomic mass is 10.4. The van der Waals surface area contributed by atoms with Gasteiger partial charge in [0.1, 0.15) is 5.82 Å². The van der Waals surface area contributed by atoms with Crippen molar-refractivity contribution in [2.24, 2.45) is 0 Å². The van der Waals surface area contributed by atoms with E-state index in [-0.39, 0.29) is 0 Å². The molecule has 0 bridgehead atoms. The molecule has 0 saturated carbocycles. The molecule has 0 amide bonds. The summed E-state index contributed by atoms with van der Waals surface area (Å²) in [5.74, 6) is 1.93. The number of hydrogen-bond acceptors (Lipinski definition) is 3. The fourth-order valence-electron chi connectivity index (χ4n) is 1.81. The summed E-state index contributed by atoms with van der Waals surface area (Å²) in [4.78, 5) is 6.76. The van der Waals surface area contributed by atoms with Gasteiger partial charge in [0, 0.05) is 19.6 Å². The molecule has 0 radical (unpaired) electrons. The summed E-state index contributed by atoms with van der Waals surface area (Å²) in [5.41, 5.74) is 0. The molecule has 0 unspecified atom stereocenters. The molecular weight excluding hydrogens is 164 g/mol. The number of hydrogen-bond donors (Lipinski definition) is 0. The lowest BCUT2D eigenvalue weighted by Crippen LogP contribution is -2.22. The topological polar surface area (TPSA) is 34.0 Å². The first kappa shape index (κ1) is 8.53. The van der Waals surface area contributed by atoms with Gasteiger partial charge in [-0.2, -0.15) is 10.1 Å². The van der Waals surface area contributed by atoms with E-state index in [1.165, 1.54) is 12.8 Å². The van der Waals surface area contributed by atoms with Crippen molar-refractivity contribution >= 4 is 5.95 Å². The van der Waals surface area contributed by atoms with Crippen LogP contribution in [0.25, 0.3) is 0 Å². The Morgan fingerprint density at radius 3 is 2.62 bits per heavy atom. The molecule has 4 heteroatoms. The van der Waals surface area contributed by atoms with E-state index < -0.39 is 0 Å². The number of anilines is 1. The minimum absolute atomic E-state index is 0.878. The zero-order valence-electron chi connectivity index (χ0n) is 8.32. The minimum Gasteiger partial charge on any atom is -0.341 e. The van der Waals surface area contributed by atoms with E-state index in [4.69, 9.17) is 0 Å². The molecule has 72 valence electrons. The number of aromatic nitrogens is 3. The highest BCUT2D eigenvalue weighted by Crippen LogP contribution is 2.17. The lowest BCUT2D eigenvalue weighted by Gasteiger charge is -2.15. The standard InChI is InChI=1S/C9H16N4/c1-3-13-9(10-8(2)11-13)12-6-4-5-7-12/h3-7H2,1-2H3. The van der Waals surface area contributed by atoms with Gasteiger partial charge in [-0.1, -0.05) is 0 Å². The number of aryl methyl sites for hydroxylation is 2. The Hall–Kier alpha value is -1.06. The van der Waals surface area contributed by atoms with Crippen molar-refractivity contribution < 1.29 is 0 Å². The van der Waals surface area contributed by atoms with E-state index in [9.17, 15) is 0 Å². The van der Waals surface area contributed by atoms with Gasteiger partial charge >= 0.3 is 0 Å². The molecule has 2 rings (SSSR count). The summed E-state index contributed by atoms with van der Waals surface area (Å²) in [5, 5.41) is 4.34. The average Bonchev–Trinajstić information content (AvgIpc) is 2.71. The molecule has 4 nitrogen and oxygen atoms in total. The van der Waals surface area contributed by atoms with Gasteiger partial charge in [0.2, 0.25) is 5.95 Å². The molecule has 0 aromatic carbocycles. The Bertz CT molecular complexity index is 286. The Labute approximate surface area is 78.6 Å². The SMILES string of the molecule is CCn1nc(C)nc1N1CCCC1. The molecule has 1 aromatic rings. The van der Waals surface area contributed by atoms with Crippen molar-refractivity contribution in [1.82, 2.24) is 14.8 Å². The van der Waals surface area contributed by atoms with E-state index in [0.717, 1.165) is 31.4 Å². The summed E-state index contributed by atoms with van der Waals surface area (Å²) >= 11 is 0. The van der Waals surface area contributed by atoms with E-state index >= 15 is 0 Å². The van der Waals surface area contributed by atoms with Crippen molar-refractivity contribution in [3.63, 3.8) is 0 Å². The maximum Gasteiger partial charge on any atom is 0.224 e. The normalized spacial score (nSPS) is 16.9. The van der Waals surface area contributed by atoms with Crippen molar-refractivity contribution in [3.05, 3.63) is 5.82 Å². The van der Waals surface area contributed by atoms with Gasteiger partial charge in [-0.05, 0) is 26.7 Å². The van der Waals surface area contributed by atoms with E-state index in [0.29, 0.717) is 0 Å². The zero-order valence-corrected chi connectivity index (χ0v) is 8.32. The summed E-state index contributed by atoms with van der Waals surface area (Å²) in [6.07, 6.45) is 2.57. The molecule has 1 aromatic heterocycles. The molecule has 1 aliphatic rings. The van der Waals surface area contributed by atoms with Gasteiger partial charge in [-0.3, -0.25) is 0 Å². The Morgan fingerprint density at radius 1 is 1.31 bits per heavy atom. The molecule has 0 N–H and O–H groups in total. The van der Waals surface area contributed by atoms with Crippen LogP contribution in [0.3, 0.4) is 0 Å². The summed E-state index contributed by atoms with van der Waals surface area (Å²) in [6, 6.07) is 0. The maximum absolute atomic E-state index is 4.44. The highest BCUT2D eigenvalue weighted by Gasteiger charge is 2.17. The number of rotatable bonds is 2. The van der Waals surface area contributed by atoms with E-state index in [2.05, 4.69) is 21.9 Å². The van der Waals surface area contributed by atoms with Crippen molar-refractivity contribution in [3.8, 4) is 0 Å². The third-order valence-electron chi connectivity index (χ3n) is 2.45. The van der Waals surface area contributed by atoms with Gasteiger partial charge in [0.15, 0.2) is 0 Å². The smallest absolute Gasteiger partial charge is 0.224 e. The first-order valence-corrected chi connectivity index (χ1v) is 4.97. The third-order valence-corrected chi connectivity index (χ3v) is 2.45. The summed E-state index contributed by atoms with van der Waals surface area (Å²) in [7, 11) is 0. The van der Waals surface area contributed by atoms with Crippen LogP contribution < -0.4 is 4.90 Å². The van der Waals surface area contributed by atoms with Crippen LogP contribution in [0.1, 0.15) is 25.6 Å². The van der Waals surface area contributed by atoms with Crippen LogP contribution in [-0.4, -0.2) is 27.9 Å². The first-order chi connectivity index (χ1) is 6.31. The monoisotopic (exact) mass is 180 g/mol. The van der Waals surface area contributed by atoms with Crippen LogP contribution in [0, 0.1) is 6.92 Å². The second-order valence-electron chi connectivity index (χ2n) is 3.47. The van der Waals surface area contributed by atoms with E-state index in [1.54, 1.807) is 0 Å². The Kier molecular flexibility index (Phi) is 2.20. The second-order valence-corrected chi connectivity index (χ2v) is 3.47. The van der Waals surface area contributed by atoms with Crippen LogP contribution in [0.15, 0.2) is 0 Å². The molecule has 0 aliphatic carbocycles. The van der Waals surface area contributed by atoms with Crippen LogP contribution in [-0.2, 0) is 6.54 Å². The Morgan fingerprint density at radius 2 is 2.00 bits per heavy atom. The van der Waals surface area contributed by atoms with Crippen molar-refractivity contribution in [1.29, 1.82) is 0 Å². The van der Waals surface area contributed by atoms with Gasteiger partial charge in [-0.25, -0.2) is 4.68 Å². The molecule has 0 spiro atoms. The predicted molar refractivity (Wildman–Crippen MR) is 51.9 cm³/mol. The average molecular weight is 180 g/mol. The van der Waals surface area contributed by atoms with Gasteiger partial charge in [-0.15, -0.1) is 0 Å². The summed E-state index contributed by atoms with van der Waals surface area (Å²) in [6.45, 7) is 7.24. The predicted octanol–water partition coefficient (Wildman–Crippen LogP) is 1.21. The quantitative estimate of drug-likeness (QED) is 0.686. The van der Waals surface area contributed by atoms with Crippen LogP contribution in [0.2, 0.25) is 0 Å². The largest absolute Gasteiger partial charge is 0.341 e. The highest BCUT2D eigenvalue weighted by atomic mass is 15.4. The Balaban J connectivity index is 2.26. The van der Waals surface area contributed by atoms with Gasteiger partial charge < -0.3 is 4.90 Å². The molecule has 1 fully saturated rings. The maximum atomic E-state index is 4.44. The summed E-state index contributed by atoms with van der Waals surface area (Å²) < 4.78 is 1.99. The van der Waals surface area contributed by atoms with E-state index in [1.807, 2.05) is 11.6 Å². The fourth-order valence-corrected chi connectivity index (χ4v) is 1.81.